The molecule has 0 aliphatic carbocycles. The summed E-state index contributed by atoms with van der Waals surface area (Å²) in [7, 11) is 3.07. The molecule has 2 aliphatic rings. The molecule has 42 heavy (non-hydrogen) atoms. The molecule has 0 N–H and O–H groups in total. The minimum atomic E-state index is -0.781. The van der Waals surface area contributed by atoms with Crippen LogP contribution in [0.15, 0.2) is 63.5 Å². The number of thiazole rings is 1. The first kappa shape index (κ1) is 29.1. The normalized spacial score (nSPS) is 16.6. The molecule has 0 saturated carbocycles. The van der Waals surface area contributed by atoms with Crippen molar-refractivity contribution in [1.82, 2.24) is 9.47 Å². The van der Waals surface area contributed by atoms with Gasteiger partial charge in [-0.2, -0.15) is 0 Å². The number of hydrogen-bond donors (Lipinski definition) is 0. The summed E-state index contributed by atoms with van der Waals surface area (Å²) in [5.41, 5.74) is 1.80. The van der Waals surface area contributed by atoms with Gasteiger partial charge in [-0.15, -0.1) is 0 Å². The molecule has 1 fully saturated rings. The molecule has 5 rings (SSSR count). The summed E-state index contributed by atoms with van der Waals surface area (Å²) < 4.78 is 24.2. The monoisotopic (exact) mass is 591 g/mol. The molecule has 0 spiro atoms. The highest BCUT2D eigenvalue weighted by molar-refractivity contribution is 7.07. The fourth-order valence-electron chi connectivity index (χ4n) is 5.22. The number of carbonyl (C=O) groups is 2. The summed E-state index contributed by atoms with van der Waals surface area (Å²) in [6.45, 7) is 5.11. The molecular formula is C31H33N3O7S. The summed E-state index contributed by atoms with van der Waals surface area (Å²) in [5.74, 6) is 0.832. The molecule has 1 saturated heterocycles. The summed E-state index contributed by atoms with van der Waals surface area (Å²) in [4.78, 5) is 46.4. The predicted molar refractivity (Wildman–Crippen MR) is 158 cm³/mol. The first-order chi connectivity index (χ1) is 20.4. The first-order valence-electron chi connectivity index (χ1n) is 13.8. The molecule has 1 amide bonds. The van der Waals surface area contributed by atoms with Crippen molar-refractivity contribution in [3.8, 4) is 17.2 Å². The van der Waals surface area contributed by atoms with Gasteiger partial charge in [0.2, 0.25) is 0 Å². The van der Waals surface area contributed by atoms with Gasteiger partial charge >= 0.3 is 5.97 Å². The molecule has 0 bridgehead atoms. The van der Waals surface area contributed by atoms with Gasteiger partial charge < -0.3 is 23.8 Å². The maximum atomic E-state index is 13.9. The van der Waals surface area contributed by atoms with Crippen LogP contribution in [-0.4, -0.2) is 61.9 Å². The minimum absolute atomic E-state index is 0.0539. The van der Waals surface area contributed by atoms with Crippen molar-refractivity contribution in [3.63, 3.8) is 0 Å². The van der Waals surface area contributed by atoms with Gasteiger partial charge in [-0.05, 0) is 56.5 Å². The van der Waals surface area contributed by atoms with Gasteiger partial charge in [0.1, 0.15) is 11.8 Å². The highest BCUT2D eigenvalue weighted by Gasteiger charge is 2.35. The number of allylic oxidation sites excluding steroid dienone is 1. The first-order valence-corrected chi connectivity index (χ1v) is 14.6. The van der Waals surface area contributed by atoms with Crippen LogP contribution in [0.3, 0.4) is 0 Å². The number of amides is 1. The van der Waals surface area contributed by atoms with Crippen LogP contribution in [0, 0.1) is 0 Å². The van der Waals surface area contributed by atoms with Gasteiger partial charge in [-0.3, -0.25) is 14.2 Å². The van der Waals surface area contributed by atoms with E-state index in [4.69, 9.17) is 18.9 Å². The molecule has 1 atom stereocenters. The number of carbonyl (C=O) groups excluding carboxylic acids is 2. The number of likely N-dealkylation sites (tertiary alicyclic amines) is 1. The Morgan fingerprint density at radius 1 is 1.05 bits per heavy atom. The van der Waals surface area contributed by atoms with Crippen LogP contribution in [0.5, 0.6) is 17.2 Å². The van der Waals surface area contributed by atoms with Crippen molar-refractivity contribution in [2.24, 2.45) is 4.99 Å². The molecule has 220 valence electrons. The van der Waals surface area contributed by atoms with Crippen molar-refractivity contribution < 1.29 is 28.5 Å². The Bertz CT molecular complexity index is 1720. The Hall–Kier alpha value is -4.38. The van der Waals surface area contributed by atoms with Gasteiger partial charge in [0, 0.05) is 18.7 Å². The van der Waals surface area contributed by atoms with Crippen LogP contribution in [0.4, 0.5) is 0 Å². The Kier molecular flexibility index (Phi) is 8.77. The van der Waals surface area contributed by atoms with E-state index in [1.807, 2.05) is 18.2 Å². The highest BCUT2D eigenvalue weighted by Crippen LogP contribution is 2.35. The zero-order chi connectivity index (χ0) is 29.8. The van der Waals surface area contributed by atoms with Crippen LogP contribution in [0.1, 0.15) is 43.9 Å². The fraction of sp³-hybridized carbons (Fsp3) is 0.355. The van der Waals surface area contributed by atoms with E-state index in [2.05, 4.69) is 4.99 Å². The second kappa shape index (κ2) is 12.6. The molecule has 1 aromatic heterocycles. The van der Waals surface area contributed by atoms with E-state index in [9.17, 15) is 14.4 Å². The third kappa shape index (κ3) is 5.69. The van der Waals surface area contributed by atoms with E-state index in [1.54, 1.807) is 56.2 Å². The molecule has 11 heteroatoms. The predicted octanol–water partition coefficient (Wildman–Crippen LogP) is 2.82. The maximum absolute atomic E-state index is 13.9. The maximum Gasteiger partial charge on any atom is 0.338 e. The highest BCUT2D eigenvalue weighted by atomic mass is 32.1. The fourth-order valence-corrected chi connectivity index (χ4v) is 6.27. The third-order valence-corrected chi connectivity index (χ3v) is 8.23. The number of ether oxygens (including phenoxy) is 4. The molecule has 0 unspecified atom stereocenters. The van der Waals surface area contributed by atoms with Crippen LogP contribution in [0.25, 0.3) is 6.08 Å². The van der Waals surface area contributed by atoms with E-state index < -0.39 is 12.0 Å². The summed E-state index contributed by atoms with van der Waals surface area (Å²) >= 11 is 1.22. The number of nitrogens with zero attached hydrogens (tertiary/aromatic N) is 3. The molecule has 0 radical (unpaired) electrons. The number of para-hydroxylation sites is 1. The second-order valence-electron chi connectivity index (χ2n) is 9.83. The largest absolute Gasteiger partial charge is 0.496 e. The minimum Gasteiger partial charge on any atom is -0.496 e. The molecule has 2 aromatic carbocycles. The SMILES string of the molecule is CCOC(=O)C1=C(C)N=c2s/c(=C/c3ccc(OCC(=O)N4CCCC4)c(OC)c3)c(=O)n2[C@H]1c1ccccc1OC. The average molecular weight is 592 g/mol. The molecule has 2 aliphatic heterocycles. The standard InChI is InChI=1S/C31H33N3O7S/c1-5-40-30(37)27-19(2)32-31-34(28(27)21-10-6-7-11-22(21)38-3)29(36)25(42-31)17-20-12-13-23(24(16-20)39-4)41-18-26(35)33-14-8-9-15-33/h6-7,10-13,16-17,28H,5,8-9,14-15,18H2,1-4H3/b25-17+/t28-/m0/s1. The molecular weight excluding hydrogens is 558 g/mol. The molecule has 3 heterocycles. The smallest absolute Gasteiger partial charge is 0.338 e. The summed E-state index contributed by atoms with van der Waals surface area (Å²) in [6, 6.07) is 11.8. The van der Waals surface area contributed by atoms with Crippen molar-refractivity contribution in [2.75, 3.05) is 40.5 Å². The zero-order valence-electron chi connectivity index (χ0n) is 24.0. The van der Waals surface area contributed by atoms with Crippen molar-refractivity contribution in [3.05, 3.63) is 84.5 Å². The quantitative estimate of drug-likeness (QED) is 0.352. The Labute approximate surface area is 247 Å². The Balaban J connectivity index is 1.53. The van der Waals surface area contributed by atoms with Crippen molar-refractivity contribution in [2.45, 2.75) is 32.7 Å². The van der Waals surface area contributed by atoms with Crippen LogP contribution < -0.4 is 29.1 Å². The van der Waals surface area contributed by atoms with Gasteiger partial charge in [-0.1, -0.05) is 35.6 Å². The number of hydrogen-bond acceptors (Lipinski definition) is 9. The van der Waals surface area contributed by atoms with Crippen LogP contribution >= 0.6 is 11.3 Å². The van der Waals surface area contributed by atoms with Crippen LogP contribution in [0.2, 0.25) is 0 Å². The Morgan fingerprint density at radius 2 is 1.79 bits per heavy atom. The van der Waals surface area contributed by atoms with E-state index >= 15 is 0 Å². The topological polar surface area (TPSA) is 109 Å². The lowest BCUT2D eigenvalue weighted by atomic mass is 9.95. The lowest BCUT2D eigenvalue weighted by Gasteiger charge is -2.25. The van der Waals surface area contributed by atoms with Gasteiger partial charge in [-0.25, -0.2) is 9.79 Å². The summed E-state index contributed by atoms with van der Waals surface area (Å²) in [5, 5.41) is 0. The van der Waals surface area contributed by atoms with Gasteiger partial charge in [0.05, 0.1) is 36.6 Å². The zero-order valence-corrected chi connectivity index (χ0v) is 24.9. The lowest BCUT2D eigenvalue weighted by molar-refractivity contribution is -0.139. The van der Waals surface area contributed by atoms with E-state index in [-0.39, 0.29) is 30.3 Å². The number of rotatable bonds is 9. The number of methoxy groups -OCH3 is 2. The molecule has 10 nitrogen and oxygen atoms in total. The average Bonchev–Trinajstić information content (AvgIpc) is 3.64. The lowest BCUT2D eigenvalue weighted by Crippen LogP contribution is -2.40. The number of aromatic nitrogens is 1. The third-order valence-electron chi connectivity index (χ3n) is 7.25. The van der Waals surface area contributed by atoms with Gasteiger partial charge in [0.25, 0.3) is 11.5 Å². The van der Waals surface area contributed by atoms with Crippen molar-refractivity contribution >= 4 is 29.3 Å². The second-order valence-corrected chi connectivity index (χ2v) is 10.8. The Morgan fingerprint density at radius 3 is 2.50 bits per heavy atom. The summed E-state index contributed by atoms with van der Waals surface area (Å²) in [6.07, 6.45) is 3.77. The van der Waals surface area contributed by atoms with Gasteiger partial charge in [0.15, 0.2) is 22.9 Å². The van der Waals surface area contributed by atoms with E-state index in [0.29, 0.717) is 43.4 Å². The van der Waals surface area contributed by atoms with E-state index in [1.165, 1.54) is 23.0 Å². The number of esters is 1. The molecule has 3 aromatic rings. The number of fused-ring (bicyclic) bond motifs is 1. The van der Waals surface area contributed by atoms with E-state index in [0.717, 1.165) is 25.9 Å². The number of benzene rings is 2. The van der Waals surface area contributed by atoms with Crippen LogP contribution in [-0.2, 0) is 14.3 Å². The van der Waals surface area contributed by atoms with Crippen molar-refractivity contribution in [1.29, 1.82) is 0 Å².